The van der Waals surface area contributed by atoms with Gasteiger partial charge in [-0.2, -0.15) is 4.98 Å². The minimum atomic E-state index is 0.713. The van der Waals surface area contributed by atoms with Crippen LogP contribution in [0.2, 0.25) is 5.02 Å². The zero-order chi connectivity index (χ0) is 17.2. The van der Waals surface area contributed by atoms with Crippen LogP contribution in [0.25, 0.3) is 0 Å². The van der Waals surface area contributed by atoms with Crippen molar-refractivity contribution in [2.75, 3.05) is 54.0 Å². The molecule has 6 nitrogen and oxygen atoms in total. The Hall–Kier alpha value is -2.08. The Labute approximate surface area is 153 Å². The highest BCUT2D eigenvalue weighted by Crippen LogP contribution is 2.26. The number of hydrogen-bond donors (Lipinski definition) is 0. The first-order chi connectivity index (χ1) is 12.2. The molecule has 2 saturated heterocycles. The molecule has 7 heteroatoms. The van der Waals surface area contributed by atoms with Crippen LogP contribution < -0.4 is 14.7 Å². The molecule has 4 rings (SSSR count). The maximum absolute atomic E-state index is 6.28. The van der Waals surface area contributed by atoms with Crippen molar-refractivity contribution in [1.82, 2.24) is 15.0 Å². The van der Waals surface area contributed by atoms with E-state index in [1.807, 2.05) is 12.1 Å². The Morgan fingerprint density at radius 1 is 0.920 bits per heavy atom. The summed E-state index contributed by atoms with van der Waals surface area (Å²) < 4.78 is 0. The van der Waals surface area contributed by atoms with Gasteiger partial charge in [0.15, 0.2) is 0 Å². The number of halogens is 1. The Kier molecular flexibility index (Phi) is 4.61. The van der Waals surface area contributed by atoms with Gasteiger partial charge in [-0.15, -0.1) is 0 Å². The van der Waals surface area contributed by atoms with Gasteiger partial charge in [0.2, 0.25) is 5.95 Å². The number of rotatable bonds is 3. The van der Waals surface area contributed by atoms with Crippen LogP contribution in [-0.4, -0.2) is 54.2 Å². The predicted octanol–water partition coefficient (Wildman–Crippen LogP) is 2.76. The average molecular weight is 359 g/mol. The number of anilines is 3. The zero-order valence-corrected chi connectivity index (χ0v) is 15.3. The maximum atomic E-state index is 6.28. The third-order valence-electron chi connectivity index (χ3n) is 4.86. The van der Waals surface area contributed by atoms with Crippen LogP contribution in [0.15, 0.2) is 24.4 Å². The number of nitrogens with zero attached hydrogens (tertiary/aromatic N) is 6. The highest BCUT2D eigenvalue weighted by molar-refractivity contribution is 6.32. The van der Waals surface area contributed by atoms with Gasteiger partial charge in [-0.3, -0.25) is 0 Å². The lowest BCUT2D eigenvalue weighted by molar-refractivity contribution is 0.640. The molecule has 0 aliphatic carbocycles. The lowest BCUT2D eigenvalue weighted by atomic mass is 10.3. The highest BCUT2D eigenvalue weighted by atomic mass is 35.5. The van der Waals surface area contributed by atoms with Gasteiger partial charge in [0.1, 0.15) is 11.6 Å². The molecule has 2 aromatic heterocycles. The van der Waals surface area contributed by atoms with Gasteiger partial charge in [-0.05, 0) is 31.9 Å². The molecule has 0 N–H and O–H groups in total. The number of hydrogen-bond acceptors (Lipinski definition) is 6. The summed E-state index contributed by atoms with van der Waals surface area (Å²) in [5.74, 6) is 2.78. The van der Waals surface area contributed by atoms with E-state index in [1.165, 1.54) is 12.8 Å². The quantitative estimate of drug-likeness (QED) is 0.840. The van der Waals surface area contributed by atoms with Crippen molar-refractivity contribution in [3.63, 3.8) is 0 Å². The van der Waals surface area contributed by atoms with Crippen molar-refractivity contribution < 1.29 is 0 Å². The van der Waals surface area contributed by atoms with Crippen LogP contribution in [0.1, 0.15) is 18.5 Å². The molecule has 0 bridgehead atoms. The Balaban J connectivity index is 1.48. The SMILES string of the molecule is Cc1cc(N2CCN(c3ncccc3Cl)CC2)nc(N2CCCC2)n1. The van der Waals surface area contributed by atoms with Crippen LogP contribution in [0, 0.1) is 6.92 Å². The second-order valence-corrected chi connectivity index (χ2v) is 7.05. The topological polar surface area (TPSA) is 48.4 Å². The van der Waals surface area contributed by atoms with E-state index in [9.17, 15) is 0 Å². The molecule has 0 saturated carbocycles. The molecular weight excluding hydrogens is 336 g/mol. The molecule has 0 amide bonds. The predicted molar refractivity (Wildman–Crippen MR) is 102 cm³/mol. The normalized spacial score (nSPS) is 18.1. The van der Waals surface area contributed by atoms with Crippen molar-refractivity contribution in [3.05, 3.63) is 35.1 Å². The van der Waals surface area contributed by atoms with E-state index >= 15 is 0 Å². The first-order valence-corrected chi connectivity index (χ1v) is 9.29. The maximum Gasteiger partial charge on any atom is 0.227 e. The van der Waals surface area contributed by atoms with Crippen LogP contribution in [0.5, 0.6) is 0 Å². The van der Waals surface area contributed by atoms with E-state index in [0.717, 1.165) is 62.5 Å². The van der Waals surface area contributed by atoms with Gasteiger partial charge in [-0.1, -0.05) is 11.6 Å². The average Bonchev–Trinajstić information content (AvgIpc) is 3.17. The Bertz CT molecular complexity index is 738. The third kappa shape index (κ3) is 3.49. The second-order valence-electron chi connectivity index (χ2n) is 6.64. The summed E-state index contributed by atoms with van der Waals surface area (Å²) in [7, 11) is 0. The largest absolute Gasteiger partial charge is 0.353 e. The van der Waals surface area contributed by atoms with Crippen molar-refractivity contribution in [2.45, 2.75) is 19.8 Å². The first kappa shape index (κ1) is 16.4. The lowest BCUT2D eigenvalue weighted by Crippen LogP contribution is -2.47. The van der Waals surface area contributed by atoms with Crippen molar-refractivity contribution in [1.29, 1.82) is 0 Å². The first-order valence-electron chi connectivity index (χ1n) is 8.92. The van der Waals surface area contributed by atoms with Gasteiger partial charge in [0, 0.05) is 57.2 Å². The summed E-state index contributed by atoms with van der Waals surface area (Å²) in [5.41, 5.74) is 1.03. The molecule has 0 atom stereocenters. The number of piperazine rings is 1. The fourth-order valence-electron chi connectivity index (χ4n) is 3.51. The minimum Gasteiger partial charge on any atom is -0.353 e. The van der Waals surface area contributed by atoms with E-state index in [4.69, 9.17) is 16.6 Å². The number of aryl methyl sites for hydroxylation is 1. The highest BCUT2D eigenvalue weighted by Gasteiger charge is 2.22. The minimum absolute atomic E-state index is 0.713. The van der Waals surface area contributed by atoms with Crippen molar-refractivity contribution in [2.24, 2.45) is 0 Å². The molecule has 4 heterocycles. The summed E-state index contributed by atoms with van der Waals surface area (Å²) in [5, 5.41) is 0.713. The molecule has 0 unspecified atom stereocenters. The second kappa shape index (κ2) is 7.04. The van der Waals surface area contributed by atoms with Crippen LogP contribution in [-0.2, 0) is 0 Å². The zero-order valence-electron chi connectivity index (χ0n) is 14.5. The van der Waals surface area contributed by atoms with E-state index < -0.39 is 0 Å². The van der Waals surface area contributed by atoms with E-state index in [1.54, 1.807) is 6.20 Å². The molecule has 2 aliphatic rings. The molecule has 0 aromatic carbocycles. The molecule has 0 radical (unpaired) electrons. The van der Waals surface area contributed by atoms with Crippen LogP contribution >= 0.6 is 11.6 Å². The van der Waals surface area contributed by atoms with Gasteiger partial charge in [-0.25, -0.2) is 9.97 Å². The monoisotopic (exact) mass is 358 g/mol. The summed E-state index contributed by atoms with van der Waals surface area (Å²) in [4.78, 5) is 20.8. The third-order valence-corrected chi connectivity index (χ3v) is 5.16. The molecule has 2 fully saturated rings. The van der Waals surface area contributed by atoms with E-state index in [-0.39, 0.29) is 0 Å². The van der Waals surface area contributed by atoms with Gasteiger partial charge in [0.05, 0.1) is 5.02 Å². The summed E-state index contributed by atoms with van der Waals surface area (Å²) in [6, 6.07) is 5.85. The Morgan fingerprint density at radius 3 is 2.36 bits per heavy atom. The summed E-state index contributed by atoms with van der Waals surface area (Å²) in [6.45, 7) is 7.77. The molecule has 25 heavy (non-hydrogen) atoms. The van der Waals surface area contributed by atoms with Crippen molar-refractivity contribution in [3.8, 4) is 0 Å². The lowest BCUT2D eigenvalue weighted by Gasteiger charge is -2.36. The van der Waals surface area contributed by atoms with Gasteiger partial charge < -0.3 is 14.7 Å². The molecule has 2 aliphatic heterocycles. The molecule has 132 valence electrons. The summed E-state index contributed by atoms with van der Waals surface area (Å²) in [6.07, 6.45) is 4.26. The van der Waals surface area contributed by atoms with E-state index in [2.05, 4.69) is 37.7 Å². The smallest absolute Gasteiger partial charge is 0.227 e. The standard InChI is InChI=1S/C18H23ClN6/c1-14-13-16(22-18(21-14)25-7-2-3-8-25)23-9-11-24(12-10-23)17-15(19)5-4-6-20-17/h4-6,13H,2-3,7-12H2,1H3. The fraction of sp³-hybridized carbons (Fsp3) is 0.500. The van der Waals surface area contributed by atoms with Gasteiger partial charge in [0.25, 0.3) is 0 Å². The number of pyridine rings is 1. The van der Waals surface area contributed by atoms with E-state index in [0.29, 0.717) is 5.02 Å². The number of aromatic nitrogens is 3. The summed E-state index contributed by atoms with van der Waals surface area (Å²) >= 11 is 6.28. The fourth-order valence-corrected chi connectivity index (χ4v) is 3.76. The molecular formula is C18H23ClN6. The van der Waals surface area contributed by atoms with Crippen LogP contribution in [0.3, 0.4) is 0 Å². The van der Waals surface area contributed by atoms with Crippen molar-refractivity contribution >= 4 is 29.2 Å². The molecule has 2 aromatic rings. The van der Waals surface area contributed by atoms with Crippen LogP contribution in [0.4, 0.5) is 17.6 Å². The molecule has 0 spiro atoms. The van der Waals surface area contributed by atoms with Gasteiger partial charge >= 0.3 is 0 Å². The Morgan fingerprint density at radius 2 is 1.64 bits per heavy atom.